The van der Waals surface area contributed by atoms with Crippen LogP contribution in [0.4, 0.5) is 0 Å². The fraction of sp³-hybridized carbons (Fsp3) is 0.652. The number of carbonyl (C=O) groups excluding carboxylic acids is 1. The zero-order valence-electron chi connectivity index (χ0n) is 18.8. The van der Waals surface area contributed by atoms with E-state index in [1.165, 1.54) is 5.56 Å². The summed E-state index contributed by atoms with van der Waals surface area (Å²) in [7, 11) is 1.68. The van der Waals surface area contributed by atoms with Gasteiger partial charge in [0, 0.05) is 44.7 Å². The molecule has 1 aromatic rings. The Hall–Kier alpha value is -2.28. The maximum atomic E-state index is 12.6. The Bertz CT molecular complexity index is 718. The van der Waals surface area contributed by atoms with Crippen molar-refractivity contribution in [3.63, 3.8) is 0 Å². The average Bonchev–Trinajstić information content (AvgIpc) is 3.31. The first kappa shape index (κ1) is 22.4. The van der Waals surface area contributed by atoms with Gasteiger partial charge in [0.15, 0.2) is 5.96 Å². The van der Waals surface area contributed by atoms with E-state index >= 15 is 0 Å². The molecule has 30 heavy (non-hydrogen) atoms. The maximum absolute atomic E-state index is 12.6. The molecule has 1 aromatic carbocycles. The number of guanidine groups is 1. The zero-order valence-corrected chi connectivity index (χ0v) is 18.8. The van der Waals surface area contributed by atoms with Gasteiger partial charge in [0.1, 0.15) is 11.9 Å². The van der Waals surface area contributed by atoms with Crippen LogP contribution in [0.1, 0.15) is 39.2 Å². The van der Waals surface area contributed by atoms with Crippen LogP contribution < -0.4 is 10.1 Å². The lowest BCUT2D eigenvalue weighted by atomic mass is 9.85. The number of hydrogen-bond acceptors (Lipinski definition) is 4. The highest BCUT2D eigenvalue weighted by atomic mass is 16.5. The molecule has 7 heteroatoms. The number of methoxy groups -OCH3 is 1. The molecular weight excluding hydrogens is 380 g/mol. The SMILES string of the molecule is CCNC(=NCC(C)(C)c1ccc(OC)cc1)N1CCN(C(=O)C2CCCO2)CC1. The minimum atomic E-state index is -0.233. The number of piperazine rings is 1. The molecule has 1 unspecified atom stereocenters. The molecule has 1 atom stereocenters. The number of ether oxygens (including phenoxy) is 2. The van der Waals surface area contributed by atoms with Gasteiger partial charge < -0.3 is 24.6 Å². The van der Waals surface area contributed by atoms with Crippen molar-refractivity contribution in [2.24, 2.45) is 4.99 Å². The average molecular weight is 417 g/mol. The van der Waals surface area contributed by atoms with Gasteiger partial charge in [-0.15, -0.1) is 0 Å². The smallest absolute Gasteiger partial charge is 0.251 e. The summed E-state index contributed by atoms with van der Waals surface area (Å²) in [4.78, 5) is 21.7. The van der Waals surface area contributed by atoms with E-state index in [1.807, 2.05) is 17.0 Å². The molecule has 0 aromatic heterocycles. The second-order valence-electron chi connectivity index (χ2n) is 8.60. The lowest BCUT2D eigenvalue weighted by molar-refractivity contribution is -0.142. The van der Waals surface area contributed by atoms with E-state index in [0.29, 0.717) is 26.2 Å². The summed E-state index contributed by atoms with van der Waals surface area (Å²) in [5.74, 6) is 1.93. The second kappa shape index (κ2) is 10.2. The molecule has 0 saturated carbocycles. The standard InChI is InChI=1S/C23H36N4O3/c1-5-24-22(25-17-23(2,3)18-8-10-19(29-4)11-9-18)27-14-12-26(13-15-27)21(28)20-7-6-16-30-20/h8-11,20H,5-7,12-17H2,1-4H3,(H,24,25). The van der Waals surface area contributed by atoms with E-state index in [9.17, 15) is 4.79 Å². The van der Waals surface area contributed by atoms with Gasteiger partial charge in [-0.1, -0.05) is 26.0 Å². The largest absolute Gasteiger partial charge is 0.497 e. The molecule has 0 spiro atoms. The third-order valence-corrected chi connectivity index (χ3v) is 5.93. The third kappa shape index (κ3) is 5.45. The van der Waals surface area contributed by atoms with Gasteiger partial charge in [0.25, 0.3) is 5.91 Å². The molecule has 2 fully saturated rings. The predicted octanol–water partition coefficient (Wildman–Crippen LogP) is 2.26. The van der Waals surface area contributed by atoms with Crippen LogP contribution in [0, 0.1) is 0 Å². The molecule has 3 rings (SSSR count). The number of nitrogens with one attached hydrogen (secondary N) is 1. The van der Waals surface area contributed by atoms with E-state index in [2.05, 4.69) is 43.1 Å². The zero-order chi connectivity index (χ0) is 21.6. The first-order valence-corrected chi connectivity index (χ1v) is 11.0. The molecule has 1 N–H and O–H groups in total. The number of nitrogens with zero attached hydrogens (tertiary/aromatic N) is 3. The topological polar surface area (TPSA) is 66.4 Å². The maximum Gasteiger partial charge on any atom is 0.251 e. The van der Waals surface area contributed by atoms with Crippen LogP contribution in [0.2, 0.25) is 0 Å². The van der Waals surface area contributed by atoms with Gasteiger partial charge >= 0.3 is 0 Å². The van der Waals surface area contributed by atoms with E-state index in [1.54, 1.807) is 7.11 Å². The monoisotopic (exact) mass is 416 g/mol. The van der Waals surface area contributed by atoms with Crippen LogP contribution >= 0.6 is 0 Å². The van der Waals surface area contributed by atoms with Gasteiger partial charge in [0.2, 0.25) is 0 Å². The Balaban J connectivity index is 1.60. The first-order valence-electron chi connectivity index (χ1n) is 11.0. The predicted molar refractivity (Wildman–Crippen MR) is 119 cm³/mol. The van der Waals surface area contributed by atoms with Gasteiger partial charge in [-0.25, -0.2) is 0 Å². The molecule has 1 amide bonds. The van der Waals surface area contributed by atoms with E-state index < -0.39 is 0 Å². The summed E-state index contributed by atoms with van der Waals surface area (Å²) < 4.78 is 10.8. The molecule has 166 valence electrons. The van der Waals surface area contributed by atoms with Crippen molar-refractivity contribution in [2.45, 2.75) is 45.1 Å². The van der Waals surface area contributed by atoms with E-state index in [0.717, 1.165) is 44.2 Å². The van der Waals surface area contributed by atoms with Crippen molar-refractivity contribution >= 4 is 11.9 Å². The summed E-state index contributed by atoms with van der Waals surface area (Å²) in [6, 6.07) is 8.21. The highest BCUT2D eigenvalue weighted by Gasteiger charge is 2.31. The lowest BCUT2D eigenvalue weighted by Gasteiger charge is -2.37. The van der Waals surface area contributed by atoms with E-state index in [4.69, 9.17) is 14.5 Å². The van der Waals surface area contributed by atoms with Crippen molar-refractivity contribution in [3.05, 3.63) is 29.8 Å². The van der Waals surface area contributed by atoms with Crippen LogP contribution in [0.3, 0.4) is 0 Å². The summed E-state index contributed by atoms with van der Waals surface area (Å²) in [6.07, 6.45) is 1.60. The highest BCUT2D eigenvalue weighted by molar-refractivity contribution is 5.83. The molecular formula is C23H36N4O3. The first-order chi connectivity index (χ1) is 14.4. The van der Waals surface area contributed by atoms with Crippen LogP contribution in [0.15, 0.2) is 29.3 Å². The van der Waals surface area contributed by atoms with Crippen LogP contribution in [-0.4, -0.2) is 80.8 Å². The number of hydrogen-bond donors (Lipinski definition) is 1. The summed E-state index contributed by atoms with van der Waals surface area (Å²) in [6.45, 7) is 11.7. The molecule has 0 bridgehead atoms. The van der Waals surface area contributed by atoms with Crippen molar-refractivity contribution in [1.29, 1.82) is 0 Å². The van der Waals surface area contributed by atoms with Gasteiger partial charge in [-0.3, -0.25) is 9.79 Å². The molecule has 0 aliphatic carbocycles. The second-order valence-corrected chi connectivity index (χ2v) is 8.60. The minimum absolute atomic E-state index is 0.0927. The number of aliphatic imine (C=N–C) groups is 1. The van der Waals surface area contributed by atoms with Crippen LogP contribution in [-0.2, 0) is 14.9 Å². The summed E-state index contributed by atoms with van der Waals surface area (Å²) in [5, 5.41) is 3.42. The lowest BCUT2D eigenvalue weighted by Crippen LogP contribution is -2.55. The fourth-order valence-electron chi connectivity index (χ4n) is 3.95. The minimum Gasteiger partial charge on any atom is -0.497 e. The van der Waals surface area contributed by atoms with Crippen molar-refractivity contribution in [1.82, 2.24) is 15.1 Å². The molecule has 2 aliphatic rings. The highest BCUT2D eigenvalue weighted by Crippen LogP contribution is 2.26. The molecule has 2 saturated heterocycles. The normalized spacial score (nSPS) is 20.4. The third-order valence-electron chi connectivity index (χ3n) is 5.93. The Morgan fingerprint density at radius 1 is 1.20 bits per heavy atom. The number of rotatable bonds is 6. The van der Waals surface area contributed by atoms with Crippen molar-refractivity contribution in [2.75, 3.05) is 53.0 Å². The van der Waals surface area contributed by atoms with Crippen molar-refractivity contribution in [3.8, 4) is 5.75 Å². The quantitative estimate of drug-likeness (QED) is 0.569. The van der Waals surface area contributed by atoms with Crippen LogP contribution in [0.5, 0.6) is 5.75 Å². The van der Waals surface area contributed by atoms with Crippen molar-refractivity contribution < 1.29 is 14.3 Å². The Labute approximate surface area is 180 Å². The van der Waals surface area contributed by atoms with Gasteiger partial charge in [-0.05, 0) is 37.5 Å². The Morgan fingerprint density at radius 2 is 1.87 bits per heavy atom. The molecule has 2 heterocycles. The van der Waals surface area contributed by atoms with Gasteiger partial charge in [0.05, 0.1) is 13.7 Å². The number of carbonyl (C=O) groups is 1. The molecule has 7 nitrogen and oxygen atoms in total. The fourth-order valence-corrected chi connectivity index (χ4v) is 3.95. The van der Waals surface area contributed by atoms with E-state index in [-0.39, 0.29) is 17.4 Å². The van der Waals surface area contributed by atoms with Crippen LogP contribution in [0.25, 0.3) is 0 Å². The Kier molecular flexibility index (Phi) is 7.58. The number of benzene rings is 1. The molecule has 0 radical (unpaired) electrons. The summed E-state index contributed by atoms with van der Waals surface area (Å²) >= 11 is 0. The Morgan fingerprint density at radius 3 is 2.43 bits per heavy atom. The number of amides is 1. The molecule has 2 aliphatic heterocycles. The van der Waals surface area contributed by atoms with Gasteiger partial charge in [-0.2, -0.15) is 0 Å². The summed E-state index contributed by atoms with van der Waals surface area (Å²) in [5.41, 5.74) is 1.14.